The minimum atomic E-state index is -0.672. The first kappa shape index (κ1) is 74.3. The molecule has 0 spiro atoms. The average Bonchev–Trinajstić information content (AvgIpc) is 3.42. The zero-order chi connectivity index (χ0) is 55.0. The Balaban J connectivity index is 3.42. The number of carbonyl (C=O) groups is 2. The predicted octanol–water partition coefficient (Wildman–Crippen LogP) is 22.1. The van der Waals surface area contributed by atoms with Crippen LogP contribution in [-0.2, 0) is 14.3 Å². The second-order valence-electron chi connectivity index (χ2n) is 23.9. The number of rotatable bonds is 65. The molecule has 0 heterocycles. The van der Waals surface area contributed by atoms with Gasteiger partial charge in [0.25, 0.3) is 0 Å². The molecule has 450 valence electrons. The molecule has 0 aliphatic carbocycles. The van der Waals surface area contributed by atoms with Gasteiger partial charge in [0, 0.05) is 12.8 Å². The van der Waals surface area contributed by atoms with Crippen LogP contribution in [0.1, 0.15) is 386 Å². The van der Waals surface area contributed by atoms with Crippen molar-refractivity contribution < 1.29 is 24.5 Å². The highest BCUT2D eigenvalue weighted by molar-refractivity contribution is 5.76. The largest absolute Gasteiger partial charge is 0.466 e. The molecule has 0 aromatic rings. The summed E-state index contributed by atoms with van der Waals surface area (Å²) < 4.78 is 5.50. The molecule has 0 fully saturated rings. The number of aliphatic hydroxyl groups is 2. The van der Waals surface area contributed by atoms with Crippen LogP contribution in [0.15, 0.2) is 24.3 Å². The maximum atomic E-state index is 12.5. The van der Waals surface area contributed by atoms with Crippen molar-refractivity contribution in [3.8, 4) is 0 Å². The third kappa shape index (κ3) is 61.6. The lowest BCUT2D eigenvalue weighted by atomic mass is 10.0. The van der Waals surface area contributed by atoms with Gasteiger partial charge < -0.3 is 20.3 Å². The highest BCUT2D eigenvalue weighted by atomic mass is 16.5. The molecular weight excluding hydrogens is 935 g/mol. The van der Waals surface area contributed by atoms with Crippen LogP contribution in [-0.4, -0.2) is 47.4 Å². The lowest BCUT2D eigenvalue weighted by molar-refractivity contribution is -0.143. The van der Waals surface area contributed by atoms with Crippen LogP contribution in [0, 0.1) is 0 Å². The fourth-order valence-corrected chi connectivity index (χ4v) is 10.9. The highest BCUT2D eigenvalue weighted by Gasteiger charge is 2.20. The fourth-order valence-electron chi connectivity index (χ4n) is 10.9. The molecule has 0 saturated carbocycles. The smallest absolute Gasteiger partial charge is 0.305 e. The van der Waals surface area contributed by atoms with Gasteiger partial charge in [-0.2, -0.15) is 0 Å². The second kappa shape index (κ2) is 65.9. The maximum absolute atomic E-state index is 12.5. The van der Waals surface area contributed by atoms with Crippen molar-refractivity contribution >= 4 is 11.9 Å². The van der Waals surface area contributed by atoms with Gasteiger partial charge in [0.15, 0.2) is 0 Å². The fraction of sp³-hybridized carbons (Fsp3) is 0.914. The third-order valence-corrected chi connectivity index (χ3v) is 16.2. The Morgan fingerprint density at radius 2 is 0.618 bits per heavy atom. The summed E-state index contributed by atoms with van der Waals surface area (Å²) in [6.07, 6.45) is 82.1. The van der Waals surface area contributed by atoms with Crippen molar-refractivity contribution in [2.45, 2.75) is 398 Å². The predicted molar refractivity (Wildman–Crippen MR) is 333 cm³/mol. The van der Waals surface area contributed by atoms with E-state index in [1.807, 2.05) is 0 Å². The molecule has 0 aliphatic heterocycles. The van der Waals surface area contributed by atoms with E-state index in [1.54, 1.807) is 0 Å². The van der Waals surface area contributed by atoms with Crippen LogP contribution in [0.2, 0.25) is 0 Å². The maximum Gasteiger partial charge on any atom is 0.305 e. The number of esters is 1. The van der Waals surface area contributed by atoms with Gasteiger partial charge in [-0.1, -0.05) is 321 Å². The molecular formula is C70H135NO5. The summed E-state index contributed by atoms with van der Waals surface area (Å²) >= 11 is 0. The molecule has 1 amide bonds. The number of hydrogen-bond acceptors (Lipinski definition) is 5. The van der Waals surface area contributed by atoms with Crippen LogP contribution in [0.4, 0.5) is 0 Å². The molecule has 6 heteroatoms. The lowest BCUT2D eigenvalue weighted by Crippen LogP contribution is -2.45. The number of unbranched alkanes of at least 4 members (excludes halogenated alkanes) is 50. The second-order valence-corrected chi connectivity index (χ2v) is 23.9. The van der Waals surface area contributed by atoms with Gasteiger partial charge in [0.2, 0.25) is 5.91 Å². The van der Waals surface area contributed by atoms with Crippen molar-refractivity contribution in [2.75, 3.05) is 13.2 Å². The van der Waals surface area contributed by atoms with Crippen molar-refractivity contribution in [3.05, 3.63) is 24.3 Å². The summed E-state index contributed by atoms with van der Waals surface area (Å²) in [4.78, 5) is 24.6. The molecule has 0 aromatic carbocycles. The number of hydrogen-bond donors (Lipinski definition) is 3. The Labute approximate surface area is 475 Å². The Bertz CT molecular complexity index is 1190. The van der Waals surface area contributed by atoms with Gasteiger partial charge in [-0.25, -0.2) is 0 Å². The molecule has 0 saturated heterocycles. The number of aliphatic hydroxyl groups excluding tert-OH is 2. The zero-order valence-corrected chi connectivity index (χ0v) is 51.5. The van der Waals surface area contributed by atoms with Crippen LogP contribution in [0.25, 0.3) is 0 Å². The normalized spacial score (nSPS) is 12.6. The van der Waals surface area contributed by atoms with Gasteiger partial charge in [-0.15, -0.1) is 0 Å². The number of amides is 1. The van der Waals surface area contributed by atoms with Crippen molar-refractivity contribution in [1.29, 1.82) is 0 Å². The van der Waals surface area contributed by atoms with E-state index in [9.17, 15) is 19.8 Å². The van der Waals surface area contributed by atoms with E-state index in [1.165, 1.54) is 308 Å². The van der Waals surface area contributed by atoms with Crippen LogP contribution in [0.3, 0.4) is 0 Å². The summed E-state index contributed by atoms with van der Waals surface area (Å²) in [6, 6.07) is -0.550. The Kier molecular flexibility index (Phi) is 64.4. The standard InChI is InChI=1S/C70H135NO5/c1-3-5-7-9-11-13-15-17-19-21-23-24-27-30-34-38-42-46-50-54-58-62-68(73)67(66-72)71-69(74)63-59-55-51-47-43-39-35-31-28-25-29-33-37-41-45-49-53-57-61-65-76-70(75)64-60-56-52-48-44-40-36-32-26-22-20-18-16-14-12-10-8-6-4-2/h18,20,25,28,67-68,72-73H,3-17,19,21-24,26-27,29-66H2,1-2H3,(H,71,74)/b20-18-,28-25-. The summed E-state index contributed by atoms with van der Waals surface area (Å²) in [7, 11) is 0. The zero-order valence-electron chi connectivity index (χ0n) is 51.5. The monoisotopic (exact) mass is 1070 g/mol. The van der Waals surface area contributed by atoms with Gasteiger partial charge >= 0.3 is 5.97 Å². The topological polar surface area (TPSA) is 95.9 Å². The number of nitrogens with one attached hydrogen (secondary N) is 1. The first-order valence-corrected chi connectivity index (χ1v) is 34.6. The Morgan fingerprint density at radius 1 is 0.355 bits per heavy atom. The first-order valence-electron chi connectivity index (χ1n) is 34.6. The highest BCUT2D eigenvalue weighted by Crippen LogP contribution is 2.18. The van der Waals surface area contributed by atoms with E-state index >= 15 is 0 Å². The van der Waals surface area contributed by atoms with Crippen molar-refractivity contribution in [1.82, 2.24) is 5.32 Å². The van der Waals surface area contributed by atoms with Crippen molar-refractivity contribution in [2.24, 2.45) is 0 Å². The minimum absolute atomic E-state index is 0.00458. The molecule has 0 bridgehead atoms. The number of ether oxygens (including phenoxy) is 1. The summed E-state index contributed by atoms with van der Waals surface area (Å²) in [5.74, 6) is -0.0360. The SMILES string of the molecule is CCCCCCCC/C=C\CCCCCCCCCCCC(=O)OCCCCCCCCCC/C=C\CCCCCCCCCC(=O)NC(CO)C(O)CCCCCCCCCCCCCCCCCCCCCCC. The molecule has 0 rings (SSSR count). The van der Waals surface area contributed by atoms with Gasteiger partial charge in [-0.05, 0) is 77.0 Å². The third-order valence-electron chi connectivity index (χ3n) is 16.2. The summed E-state index contributed by atoms with van der Waals surface area (Å²) in [6.45, 7) is 4.97. The van der Waals surface area contributed by atoms with Crippen molar-refractivity contribution in [3.63, 3.8) is 0 Å². The minimum Gasteiger partial charge on any atom is -0.466 e. The average molecular weight is 1070 g/mol. The Morgan fingerprint density at radius 3 is 0.934 bits per heavy atom. The van der Waals surface area contributed by atoms with Crippen LogP contribution < -0.4 is 5.32 Å². The Hall–Kier alpha value is -1.66. The quantitative estimate of drug-likeness (QED) is 0.0320. The van der Waals surface area contributed by atoms with Crippen LogP contribution in [0.5, 0.6) is 0 Å². The number of allylic oxidation sites excluding steroid dienone is 4. The van der Waals surface area contributed by atoms with E-state index in [2.05, 4.69) is 43.5 Å². The number of carbonyl (C=O) groups excluding carboxylic acids is 2. The van der Waals surface area contributed by atoms with E-state index in [4.69, 9.17) is 4.74 Å². The molecule has 76 heavy (non-hydrogen) atoms. The van der Waals surface area contributed by atoms with Gasteiger partial charge in [-0.3, -0.25) is 9.59 Å². The molecule has 0 radical (unpaired) electrons. The van der Waals surface area contributed by atoms with Gasteiger partial charge in [0.05, 0.1) is 25.4 Å². The van der Waals surface area contributed by atoms with E-state index in [0.29, 0.717) is 25.9 Å². The summed E-state index contributed by atoms with van der Waals surface area (Å²) in [5, 5.41) is 23.4. The van der Waals surface area contributed by atoms with Crippen LogP contribution >= 0.6 is 0 Å². The molecule has 0 aliphatic rings. The molecule has 2 unspecified atom stereocenters. The van der Waals surface area contributed by atoms with E-state index < -0.39 is 12.1 Å². The molecule has 3 N–H and O–H groups in total. The molecule has 0 aromatic heterocycles. The molecule has 6 nitrogen and oxygen atoms in total. The summed E-state index contributed by atoms with van der Waals surface area (Å²) in [5.41, 5.74) is 0. The van der Waals surface area contributed by atoms with E-state index in [-0.39, 0.29) is 18.5 Å². The van der Waals surface area contributed by atoms with Gasteiger partial charge in [0.1, 0.15) is 0 Å². The molecule has 2 atom stereocenters. The first-order chi connectivity index (χ1) is 37.5. The lowest BCUT2D eigenvalue weighted by Gasteiger charge is -2.22. The van der Waals surface area contributed by atoms with E-state index in [0.717, 1.165) is 44.9 Å².